The first-order valence-electron chi connectivity index (χ1n) is 7.13. The van der Waals surface area contributed by atoms with Crippen LogP contribution in [0.3, 0.4) is 0 Å². The van der Waals surface area contributed by atoms with Crippen molar-refractivity contribution in [2.45, 2.75) is 0 Å². The Hall–Kier alpha value is -3.39. The molecule has 0 unspecified atom stereocenters. The lowest BCUT2D eigenvalue weighted by molar-refractivity contribution is -0.384. The zero-order chi connectivity index (χ0) is 17.8. The number of benzene rings is 1. The summed E-state index contributed by atoms with van der Waals surface area (Å²) in [7, 11) is 0. The lowest BCUT2D eigenvalue weighted by Crippen LogP contribution is -2.13. The van der Waals surface area contributed by atoms with Crippen LogP contribution < -0.4 is 0 Å². The maximum atomic E-state index is 10.7. The van der Waals surface area contributed by atoms with Crippen LogP contribution in [0, 0.1) is 20.9 Å². The summed E-state index contributed by atoms with van der Waals surface area (Å²) in [6.45, 7) is 0. The zero-order valence-corrected chi connectivity index (χ0v) is 13.6. The standard InChI is InChI=1S/C17H12N4O3S/c18-16(11-3-5-14(6-4-11)21(22)23)24-17(19)13-8-12(9-20-10-13)15-2-1-7-25-15/h1-10,18-19H. The number of non-ortho nitro benzene ring substituents is 1. The number of nitrogens with zero attached hydrogens (tertiary/aromatic N) is 2. The topological polar surface area (TPSA) is 113 Å². The quantitative estimate of drug-likeness (QED) is 0.319. The van der Waals surface area contributed by atoms with Crippen molar-refractivity contribution >= 4 is 28.8 Å². The van der Waals surface area contributed by atoms with Gasteiger partial charge >= 0.3 is 0 Å². The Morgan fingerprint density at radius 3 is 2.44 bits per heavy atom. The van der Waals surface area contributed by atoms with Crippen molar-refractivity contribution in [1.29, 1.82) is 10.8 Å². The Morgan fingerprint density at radius 1 is 1.08 bits per heavy atom. The molecule has 0 fully saturated rings. The van der Waals surface area contributed by atoms with Crippen molar-refractivity contribution in [2.24, 2.45) is 0 Å². The molecule has 0 saturated carbocycles. The van der Waals surface area contributed by atoms with Crippen LogP contribution in [-0.2, 0) is 4.74 Å². The first kappa shape index (κ1) is 16.5. The third-order valence-electron chi connectivity index (χ3n) is 3.35. The summed E-state index contributed by atoms with van der Waals surface area (Å²) in [5.41, 5.74) is 1.58. The number of nitro groups is 1. The van der Waals surface area contributed by atoms with Crippen molar-refractivity contribution in [3.05, 3.63) is 81.5 Å². The van der Waals surface area contributed by atoms with Crippen LogP contribution in [0.5, 0.6) is 0 Å². The minimum Gasteiger partial charge on any atom is -0.421 e. The fourth-order valence-corrected chi connectivity index (χ4v) is 2.80. The highest BCUT2D eigenvalue weighted by molar-refractivity contribution is 7.13. The van der Waals surface area contributed by atoms with Crippen LogP contribution in [0.2, 0.25) is 0 Å². The number of ether oxygens (including phenoxy) is 1. The van der Waals surface area contributed by atoms with Gasteiger partial charge in [0.25, 0.3) is 5.69 Å². The van der Waals surface area contributed by atoms with E-state index in [2.05, 4.69) is 4.98 Å². The summed E-state index contributed by atoms with van der Waals surface area (Å²) < 4.78 is 5.26. The average Bonchev–Trinajstić information content (AvgIpc) is 3.16. The zero-order valence-electron chi connectivity index (χ0n) is 12.8. The van der Waals surface area contributed by atoms with Crippen LogP contribution >= 0.6 is 11.3 Å². The fourth-order valence-electron chi connectivity index (χ4n) is 2.10. The van der Waals surface area contributed by atoms with E-state index in [1.807, 2.05) is 17.5 Å². The molecule has 0 aliphatic heterocycles. The van der Waals surface area contributed by atoms with Crippen molar-refractivity contribution in [3.63, 3.8) is 0 Å². The molecule has 0 atom stereocenters. The van der Waals surface area contributed by atoms with E-state index in [-0.39, 0.29) is 17.5 Å². The average molecular weight is 352 g/mol. The molecule has 2 N–H and O–H groups in total. The molecule has 0 saturated heterocycles. The number of pyridine rings is 1. The van der Waals surface area contributed by atoms with Gasteiger partial charge in [-0.1, -0.05) is 6.07 Å². The summed E-state index contributed by atoms with van der Waals surface area (Å²) in [4.78, 5) is 15.3. The van der Waals surface area contributed by atoms with Crippen LogP contribution in [0.15, 0.2) is 60.2 Å². The first-order valence-corrected chi connectivity index (χ1v) is 8.01. The number of nitrogens with one attached hydrogen (secondary N) is 2. The summed E-state index contributed by atoms with van der Waals surface area (Å²) in [6.07, 6.45) is 3.19. The molecule has 124 valence electrons. The second-order valence-corrected chi connectivity index (χ2v) is 5.95. The molecule has 0 aliphatic rings. The lowest BCUT2D eigenvalue weighted by atomic mass is 10.1. The molecule has 8 heteroatoms. The van der Waals surface area contributed by atoms with Gasteiger partial charge in [-0.15, -0.1) is 11.3 Å². The highest BCUT2D eigenvalue weighted by Gasteiger charge is 2.12. The van der Waals surface area contributed by atoms with Gasteiger partial charge in [-0.25, -0.2) is 0 Å². The van der Waals surface area contributed by atoms with E-state index in [4.69, 9.17) is 15.6 Å². The highest BCUT2D eigenvalue weighted by atomic mass is 32.1. The Labute approximate surface area is 146 Å². The molecule has 2 aromatic heterocycles. The monoisotopic (exact) mass is 352 g/mol. The van der Waals surface area contributed by atoms with Crippen LogP contribution in [0.25, 0.3) is 10.4 Å². The number of nitro benzene ring substituents is 1. The Morgan fingerprint density at radius 2 is 1.80 bits per heavy atom. The van der Waals surface area contributed by atoms with E-state index in [1.165, 1.54) is 30.5 Å². The molecule has 0 spiro atoms. The van der Waals surface area contributed by atoms with E-state index in [0.717, 1.165) is 10.4 Å². The van der Waals surface area contributed by atoms with Crippen molar-refractivity contribution in [1.82, 2.24) is 4.98 Å². The molecule has 0 bridgehead atoms. The molecule has 1 aromatic carbocycles. The predicted octanol–water partition coefficient (Wildman–Crippen LogP) is 4.09. The Kier molecular flexibility index (Phi) is 4.62. The third kappa shape index (κ3) is 3.75. The van der Waals surface area contributed by atoms with Crippen molar-refractivity contribution in [3.8, 4) is 10.4 Å². The normalized spacial score (nSPS) is 10.2. The van der Waals surface area contributed by atoms with E-state index in [1.54, 1.807) is 23.6 Å². The predicted molar refractivity (Wildman–Crippen MR) is 95.4 cm³/mol. The molecule has 7 nitrogen and oxygen atoms in total. The van der Waals surface area contributed by atoms with Gasteiger partial charge < -0.3 is 4.74 Å². The summed E-state index contributed by atoms with van der Waals surface area (Å²) >= 11 is 1.56. The van der Waals surface area contributed by atoms with Gasteiger partial charge in [0.05, 0.1) is 10.5 Å². The Bertz CT molecular complexity index is 937. The molecule has 0 amide bonds. The number of rotatable bonds is 4. The van der Waals surface area contributed by atoms with Gasteiger partial charge in [0.2, 0.25) is 11.8 Å². The minimum absolute atomic E-state index is 0.0699. The summed E-state index contributed by atoms with van der Waals surface area (Å²) in [5, 5.41) is 28.6. The van der Waals surface area contributed by atoms with Gasteiger partial charge in [0.1, 0.15) is 0 Å². The summed E-state index contributed by atoms with van der Waals surface area (Å²) in [6, 6.07) is 11.0. The SMILES string of the molecule is N=C(OC(=N)c1cncc(-c2cccs2)c1)c1ccc([N+](=O)[O-])cc1. The largest absolute Gasteiger partial charge is 0.421 e. The molecule has 0 radical (unpaired) electrons. The molecular formula is C17H12N4O3S. The second kappa shape index (κ2) is 7.02. The van der Waals surface area contributed by atoms with Gasteiger partial charge in [0.15, 0.2) is 0 Å². The van der Waals surface area contributed by atoms with Crippen LogP contribution in [0.1, 0.15) is 11.1 Å². The molecular weight excluding hydrogens is 340 g/mol. The number of hydrogen-bond acceptors (Lipinski definition) is 7. The van der Waals surface area contributed by atoms with Crippen LogP contribution in [-0.4, -0.2) is 21.7 Å². The Balaban J connectivity index is 1.74. The van der Waals surface area contributed by atoms with Crippen LogP contribution in [0.4, 0.5) is 5.69 Å². The summed E-state index contributed by atoms with van der Waals surface area (Å²) in [5.74, 6) is -0.476. The molecule has 3 aromatic rings. The van der Waals surface area contributed by atoms with Gasteiger partial charge in [-0.3, -0.25) is 25.9 Å². The molecule has 25 heavy (non-hydrogen) atoms. The molecule has 3 rings (SSSR count). The first-order chi connectivity index (χ1) is 12.0. The number of hydrogen-bond donors (Lipinski definition) is 2. The van der Waals surface area contributed by atoms with Crippen molar-refractivity contribution in [2.75, 3.05) is 0 Å². The van der Waals surface area contributed by atoms with E-state index in [9.17, 15) is 10.1 Å². The number of aromatic nitrogens is 1. The van der Waals surface area contributed by atoms with E-state index in [0.29, 0.717) is 11.1 Å². The smallest absolute Gasteiger partial charge is 0.269 e. The molecule has 0 aliphatic carbocycles. The fraction of sp³-hybridized carbons (Fsp3) is 0. The van der Waals surface area contributed by atoms with E-state index >= 15 is 0 Å². The van der Waals surface area contributed by atoms with E-state index < -0.39 is 4.92 Å². The van der Waals surface area contributed by atoms with Crippen molar-refractivity contribution < 1.29 is 9.66 Å². The van der Waals surface area contributed by atoms with Gasteiger partial charge in [0, 0.05) is 40.5 Å². The highest BCUT2D eigenvalue weighted by Crippen LogP contribution is 2.24. The molecule has 2 heterocycles. The number of thiophene rings is 1. The third-order valence-corrected chi connectivity index (χ3v) is 4.27. The van der Waals surface area contributed by atoms with Gasteiger partial charge in [-0.05, 0) is 29.6 Å². The second-order valence-electron chi connectivity index (χ2n) is 5.00. The minimum atomic E-state index is -0.516. The maximum Gasteiger partial charge on any atom is 0.269 e. The van der Waals surface area contributed by atoms with Gasteiger partial charge in [-0.2, -0.15) is 0 Å². The lowest BCUT2D eigenvalue weighted by Gasteiger charge is -2.09. The maximum absolute atomic E-state index is 10.7.